The highest BCUT2D eigenvalue weighted by Gasteiger charge is 2.32. The fourth-order valence-corrected chi connectivity index (χ4v) is 3.47. The Morgan fingerprint density at radius 3 is 2.35 bits per heavy atom. The molecule has 2 rings (SSSR count). The topological polar surface area (TPSA) is 35.2 Å². The van der Waals surface area contributed by atoms with Crippen molar-refractivity contribution in [3.8, 4) is 5.75 Å². The van der Waals surface area contributed by atoms with Gasteiger partial charge in [-0.3, -0.25) is 0 Å². The maximum atomic E-state index is 6.49. The molecule has 0 saturated heterocycles. The number of ether oxygens (including phenoxy) is 1. The summed E-state index contributed by atoms with van der Waals surface area (Å²) in [5.74, 6) is 2.36. The van der Waals surface area contributed by atoms with Gasteiger partial charge in [-0.25, -0.2) is 0 Å². The standard InChI is InChI=1S/C18H29NO/c1-18(2,3)15-10-8-13(9-11-15)17(19)14-6-5-7-16(12-14)20-4/h5-7,12-13,15,17H,8-11,19H2,1-4H3. The summed E-state index contributed by atoms with van der Waals surface area (Å²) in [7, 11) is 1.71. The molecular weight excluding hydrogens is 246 g/mol. The first kappa shape index (κ1) is 15.4. The third kappa shape index (κ3) is 3.54. The van der Waals surface area contributed by atoms with Crippen LogP contribution in [0.4, 0.5) is 0 Å². The molecule has 1 aromatic rings. The smallest absolute Gasteiger partial charge is 0.119 e. The third-order valence-corrected chi connectivity index (χ3v) is 4.98. The van der Waals surface area contributed by atoms with Gasteiger partial charge in [-0.15, -0.1) is 0 Å². The number of rotatable bonds is 3. The van der Waals surface area contributed by atoms with Crippen LogP contribution in [0, 0.1) is 17.3 Å². The van der Waals surface area contributed by atoms with E-state index in [2.05, 4.69) is 32.9 Å². The van der Waals surface area contributed by atoms with E-state index >= 15 is 0 Å². The predicted molar refractivity (Wildman–Crippen MR) is 84.8 cm³/mol. The quantitative estimate of drug-likeness (QED) is 0.878. The van der Waals surface area contributed by atoms with E-state index in [1.807, 2.05) is 12.1 Å². The number of hydrogen-bond acceptors (Lipinski definition) is 2. The highest BCUT2D eigenvalue weighted by molar-refractivity contribution is 5.30. The van der Waals surface area contributed by atoms with Crippen molar-refractivity contribution in [3.05, 3.63) is 29.8 Å². The van der Waals surface area contributed by atoms with Crippen molar-refractivity contribution in [1.29, 1.82) is 0 Å². The maximum absolute atomic E-state index is 6.49. The van der Waals surface area contributed by atoms with Crippen molar-refractivity contribution in [3.63, 3.8) is 0 Å². The average Bonchev–Trinajstić information content (AvgIpc) is 2.46. The van der Waals surface area contributed by atoms with Gasteiger partial charge in [0.1, 0.15) is 5.75 Å². The van der Waals surface area contributed by atoms with E-state index in [0.29, 0.717) is 11.3 Å². The lowest BCUT2D eigenvalue weighted by Gasteiger charge is -2.38. The summed E-state index contributed by atoms with van der Waals surface area (Å²) < 4.78 is 5.30. The maximum Gasteiger partial charge on any atom is 0.119 e. The van der Waals surface area contributed by atoms with Crippen molar-refractivity contribution in [2.45, 2.75) is 52.5 Å². The molecule has 20 heavy (non-hydrogen) atoms. The van der Waals surface area contributed by atoms with Crippen LogP contribution in [0.15, 0.2) is 24.3 Å². The van der Waals surface area contributed by atoms with Gasteiger partial charge in [-0.1, -0.05) is 32.9 Å². The number of benzene rings is 1. The van der Waals surface area contributed by atoms with Crippen LogP contribution in [-0.2, 0) is 0 Å². The Hall–Kier alpha value is -1.02. The molecule has 0 amide bonds. The van der Waals surface area contributed by atoms with Crippen LogP contribution < -0.4 is 10.5 Å². The molecule has 2 heteroatoms. The van der Waals surface area contributed by atoms with Crippen LogP contribution >= 0.6 is 0 Å². The summed E-state index contributed by atoms with van der Waals surface area (Å²) in [5, 5.41) is 0. The molecular formula is C18H29NO. The monoisotopic (exact) mass is 275 g/mol. The largest absolute Gasteiger partial charge is 0.497 e. The normalized spacial score (nSPS) is 25.2. The minimum absolute atomic E-state index is 0.144. The van der Waals surface area contributed by atoms with Gasteiger partial charge in [0.25, 0.3) is 0 Å². The molecule has 0 radical (unpaired) electrons. The van der Waals surface area contributed by atoms with Crippen molar-refractivity contribution in [2.24, 2.45) is 23.0 Å². The number of nitrogens with two attached hydrogens (primary N) is 1. The molecule has 0 aliphatic heterocycles. The minimum atomic E-state index is 0.144. The van der Waals surface area contributed by atoms with Crippen LogP contribution in [0.5, 0.6) is 5.75 Å². The van der Waals surface area contributed by atoms with E-state index in [-0.39, 0.29) is 6.04 Å². The van der Waals surface area contributed by atoms with E-state index in [1.165, 1.54) is 31.2 Å². The van der Waals surface area contributed by atoms with Crippen molar-refractivity contribution < 1.29 is 4.74 Å². The van der Waals surface area contributed by atoms with Gasteiger partial charge in [0.15, 0.2) is 0 Å². The molecule has 1 atom stereocenters. The molecule has 112 valence electrons. The first-order chi connectivity index (χ1) is 9.41. The summed E-state index contributed by atoms with van der Waals surface area (Å²) in [6.07, 6.45) is 5.12. The summed E-state index contributed by atoms with van der Waals surface area (Å²) in [6.45, 7) is 7.08. The second-order valence-corrected chi connectivity index (χ2v) is 7.28. The van der Waals surface area contributed by atoms with E-state index in [0.717, 1.165) is 11.7 Å². The van der Waals surface area contributed by atoms with E-state index in [1.54, 1.807) is 7.11 Å². The fourth-order valence-electron chi connectivity index (χ4n) is 3.47. The zero-order valence-corrected chi connectivity index (χ0v) is 13.4. The first-order valence-corrected chi connectivity index (χ1v) is 7.81. The van der Waals surface area contributed by atoms with E-state index in [9.17, 15) is 0 Å². The van der Waals surface area contributed by atoms with Crippen molar-refractivity contribution >= 4 is 0 Å². The minimum Gasteiger partial charge on any atom is -0.497 e. The van der Waals surface area contributed by atoms with Crippen molar-refractivity contribution in [2.75, 3.05) is 7.11 Å². The Bertz CT molecular complexity index is 427. The van der Waals surface area contributed by atoms with Crippen LogP contribution in [-0.4, -0.2) is 7.11 Å². The molecule has 1 fully saturated rings. The average molecular weight is 275 g/mol. The number of hydrogen-bond donors (Lipinski definition) is 1. The fraction of sp³-hybridized carbons (Fsp3) is 0.667. The zero-order valence-electron chi connectivity index (χ0n) is 13.4. The molecule has 0 heterocycles. The lowest BCUT2D eigenvalue weighted by atomic mass is 9.68. The van der Waals surface area contributed by atoms with Gasteiger partial charge in [0, 0.05) is 6.04 Å². The summed E-state index contributed by atoms with van der Waals surface area (Å²) >= 11 is 0. The van der Waals surface area contributed by atoms with Crippen LogP contribution in [0.25, 0.3) is 0 Å². The molecule has 2 nitrogen and oxygen atoms in total. The molecule has 2 N–H and O–H groups in total. The second-order valence-electron chi connectivity index (χ2n) is 7.28. The van der Waals surface area contributed by atoms with Crippen LogP contribution in [0.3, 0.4) is 0 Å². The third-order valence-electron chi connectivity index (χ3n) is 4.98. The Labute approximate surface area is 123 Å². The Morgan fingerprint density at radius 2 is 1.80 bits per heavy atom. The summed E-state index contributed by atoms with van der Waals surface area (Å²) in [5.41, 5.74) is 8.14. The Balaban J connectivity index is 1.99. The molecule has 1 unspecified atom stereocenters. The van der Waals surface area contributed by atoms with Crippen LogP contribution in [0.2, 0.25) is 0 Å². The van der Waals surface area contributed by atoms with Crippen molar-refractivity contribution in [1.82, 2.24) is 0 Å². The molecule has 1 aliphatic carbocycles. The van der Waals surface area contributed by atoms with Gasteiger partial charge < -0.3 is 10.5 Å². The predicted octanol–water partition coefficient (Wildman–Crippen LogP) is 4.55. The molecule has 0 aromatic heterocycles. The van der Waals surface area contributed by atoms with Gasteiger partial charge in [-0.2, -0.15) is 0 Å². The number of methoxy groups -OCH3 is 1. The van der Waals surface area contributed by atoms with E-state index < -0.39 is 0 Å². The lowest BCUT2D eigenvalue weighted by molar-refractivity contribution is 0.139. The second kappa shape index (κ2) is 6.17. The molecule has 1 saturated carbocycles. The summed E-state index contributed by atoms with van der Waals surface area (Å²) in [4.78, 5) is 0. The molecule has 1 aliphatic rings. The van der Waals surface area contributed by atoms with E-state index in [4.69, 9.17) is 10.5 Å². The lowest BCUT2D eigenvalue weighted by Crippen LogP contribution is -2.30. The first-order valence-electron chi connectivity index (χ1n) is 7.81. The Morgan fingerprint density at radius 1 is 1.15 bits per heavy atom. The molecule has 0 spiro atoms. The van der Waals surface area contributed by atoms with Gasteiger partial charge in [-0.05, 0) is 60.6 Å². The van der Waals surface area contributed by atoms with Gasteiger partial charge in [0.2, 0.25) is 0 Å². The summed E-state index contributed by atoms with van der Waals surface area (Å²) in [6, 6.07) is 8.37. The highest BCUT2D eigenvalue weighted by Crippen LogP contribution is 2.42. The Kier molecular flexibility index (Phi) is 4.74. The molecule has 1 aromatic carbocycles. The SMILES string of the molecule is COc1cccc(C(N)C2CCC(C(C)(C)C)CC2)c1. The molecule has 0 bridgehead atoms. The van der Waals surface area contributed by atoms with Gasteiger partial charge >= 0.3 is 0 Å². The highest BCUT2D eigenvalue weighted by atomic mass is 16.5. The van der Waals surface area contributed by atoms with Gasteiger partial charge in [0.05, 0.1) is 7.11 Å². The zero-order chi connectivity index (χ0) is 14.8. The van der Waals surface area contributed by atoms with Crippen LogP contribution in [0.1, 0.15) is 58.1 Å².